The Labute approximate surface area is 212 Å². The van der Waals surface area contributed by atoms with Crippen molar-refractivity contribution in [3.05, 3.63) is 61.2 Å². The smallest absolute Gasteiger partial charge is 0.313 e. The van der Waals surface area contributed by atoms with E-state index >= 15 is 0 Å². The van der Waals surface area contributed by atoms with E-state index in [2.05, 4.69) is 13.2 Å². The molecule has 1 aromatic rings. The first-order chi connectivity index (χ1) is 17.3. The number of rotatable bonds is 11. The number of benzene rings is 1. The largest absolute Gasteiger partial charge is 0.461 e. The average Bonchev–Trinajstić information content (AvgIpc) is 3.44. The van der Waals surface area contributed by atoms with Crippen LogP contribution in [0.4, 0.5) is 0 Å². The summed E-state index contributed by atoms with van der Waals surface area (Å²) in [7, 11) is 0. The summed E-state index contributed by atoms with van der Waals surface area (Å²) in [4.78, 5) is 44.7. The molecule has 2 unspecified atom stereocenters. The molecule has 0 aliphatic carbocycles. The molecule has 4 rings (SSSR count). The molecule has 2 amide bonds. The molecule has 194 valence electrons. The predicted molar refractivity (Wildman–Crippen MR) is 133 cm³/mol. The maximum atomic E-state index is 14.3. The number of aliphatic hydroxyl groups excluding tert-OH is 1. The fraction of sp³-hybridized carbons (Fsp3) is 0.536. The highest BCUT2D eigenvalue weighted by atomic mass is 16.6. The summed E-state index contributed by atoms with van der Waals surface area (Å²) in [6.45, 7) is 11.5. The van der Waals surface area contributed by atoms with Crippen LogP contribution in [0.15, 0.2) is 55.6 Å². The first kappa shape index (κ1) is 26.1. The van der Waals surface area contributed by atoms with Gasteiger partial charge in [-0.15, -0.1) is 6.58 Å². The number of hydrogen-bond acceptors (Lipinski definition) is 6. The summed E-state index contributed by atoms with van der Waals surface area (Å²) in [5, 5.41) is 10.2. The van der Waals surface area contributed by atoms with Gasteiger partial charge in [-0.2, -0.15) is 0 Å². The monoisotopic (exact) mass is 496 g/mol. The molecule has 1 aromatic carbocycles. The van der Waals surface area contributed by atoms with Crippen LogP contribution in [0.5, 0.6) is 0 Å². The minimum absolute atomic E-state index is 0.0316. The zero-order chi connectivity index (χ0) is 26.1. The Morgan fingerprint density at radius 2 is 2.00 bits per heavy atom. The van der Waals surface area contributed by atoms with Gasteiger partial charge < -0.3 is 24.4 Å². The second kappa shape index (κ2) is 10.2. The second-order valence-corrected chi connectivity index (χ2v) is 10.1. The van der Waals surface area contributed by atoms with Crippen LogP contribution in [0, 0.1) is 11.8 Å². The molecule has 0 radical (unpaired) electrons. The Hall–Kier alpha value is -2.97. The van der Waals surface area contributed by atoms with Gasteiger partial charge in [-0.25, -0.2) is 0 Å². The van der Waals surface area contributed by atoms with E-state index in [0.717, 1.165) is 5.56 Å². The molecule has 3 aliphatic heterocycles. The normalized spacial score (nSPS) is 31.1. The molecule has 3 fully saturated rings. The maximum absolute atomic E-state index is 14.3. The Morgan fingerprint density at radius 3 is 2.61 bits per heavy atom. The van der Waals surface area contributed by atoms with Crippen LogP contribution in [0.3, 0.4) is 0 Å². The molecule has 6 atom stereocenters. The molecule has 2 bridgehead atoms. The fourth-order valence-corrected chi connectivity index (χ4v) is 6.40. The number of likely N-dealkylation sites (tertiary alicyclic amines) is 1. The third-order valence-corrected chi connectivity index (χ3v) is 8.00. The third kappa shape index (κ3) is 4.06. The summed E-state index contributed by atoms with van der Waals surface area (Å²) >= 11 is 0. The molecular formula is C28H36N2O6. The predicted octanol–water partition coefficient (Wildman–Crippen LogP) is 2.47. The average molecular weight is 497 g/mol. The number of carbonyl (C=O) groups is 3. The number of hydrogen-bond donors (Lipinski definition) is 1. The number of fused-ring (bicyclic) bond motifs is 1. The van der Waals surface area contributed by atoms with Crippen LogP contribution in [0.1, 0.15) is 38.7 Å². The van der Waals surface area contributed by atoms with E-state index in [4.69, 9.17) is 9.47 Å². The zero-order valence-corrected chi connectivity index (χ0v) is 21.1. The minimum Gasteiger partial charge on any atom is -0.461 e. The highest BCUT2D eigenvalue weighted by molar-refractivity contribution is 5.98. The zero-order valence-electron chi connectivity index (χ0n) is 21.1. The summed E-state index contributed by atoms with van der Waals surface area (Å²) in [6, 6.07) is 8.07. The van der Waals surface area contributed by atoms with E-state index in [1.807, 2.05) is 44.2 Å². The Kier molecular flexibility index (Phi) is 7.38. The number of esters is 1. The van der Waals surface area contributed by atoms with Gasteiger partial charge in [0.05, 0.1) is 24.2 Å². The summed E-state index contributed by atoms with van der Waals surface area (Å²) < 4.78 is 12.0. The Bertz CT molecular complexity index is 1020. The second-order valence-electron chi connectivity index (χ2n) is 10.1. The van der Waals surface area contributed by atoms with Crippen molar-refractivity contribution in [1.82, 2.24) is 9.80 Å². The van der Waals surface area contributed by atoms with Gasteiger partial charge in [0.25, 0.3) is 0 Å². The van der Waals surface area contributed by atoms with Crippen molar-refractivity contribution in [3.63, 3.8) is 0 Å². The molecule has 1 spiro atoms. The van der Waals surface area contributed by atoms with Gasteiger partial charge >= 0.3 is 5.97 Å². The van der Waals surface area contributed by atoms with Crippen molar-refractivity contribution in [3.8, 4) is 0 Å². The van der Waals surface area contributed by atoms with Gasteiger partial charge in [0.1, 0.15) is 24.2 Å². The number of ether oxygens (including phenoxy) is 2. The molecule has 36 heavy (non-hydrogen) atoms. The van der Waals surface area contributed by atoms with Crippen molar-refractivity contribution in [1.29, 1.82) is 0 Å². The molecule has 3 aliphatic rings. The molecule has 0 aromatic heterocycles. The fourth-order valence-electron chi connectivity index (χ4n) is 6.40. The van der Waals surface area contributed by atoms with E-state index in [0.29, 0.717) is 25.8 Å². The van der Waals surface area contributed by atoms with Gasteiger partial charge in [-0.3, -0.25) is 14.4 Å². The molecule has 3 saturated heterocycles. The van der Waals surface area contributed by atoms with Crippen molar-refractivity contribution < 1.29 is 29.0 Å². The van der Waals surface area contributed by atoms with Crippen molar-refractivity contribution in [2.45, 2.75) is 62.9 Å². The minimum atomic E-state index is -1.17. The first-order valence-corrected chi connectivity index (χ1v) is 12.6. The molecular weight excluding hydrogens is 460 g/mol. The number of nitrogens with zero attached hydrogens (tertiary/aromatic N) is 2. The maximum Gasteiger partial charge on any atom is 0.313 e. The lowest BCUT2D eigenvalue weighted by molar-refractivity contribution is -0.161. The van der Waals surface area contributed by atoms with Crippen LogP contribution in [-0.4, -0.2) is 75.7 Å². The lowest BCUT2D eigenvalue weighted by Crippen LogP contribution is -2.58. The van der Waals surface area contributed by atoms with Gasteiger partial charge in [0, 0.05) is 13.1 Å². The topological polar surface area (TPSA) is 96.4 Å². The molecule has 8 heteroatoms. The van der Waals surface area contributed by atoms with Crippen LogP contribution in [0.2, 0.25) is 0 Å². The van der Waals surface area contributed by atoms with Crippen LogP contribution in [0.25, 0.3) is 0 Å². The van der Waals surface area contributed by atoms with Crippen LogP contribution in [-0.2, 0) is 30.4 Å². The number of carbonyl (C=O) groups excluding carboxylic acids is 3. The van der Waals surface area contributed by atoms with Crippen LogP contribution < -0.4 is 0 Å². The molecule has 1 N–H and O–H groups in total. The summed E-state index contributed by atoms with van der Waals surface area (Å²) in [6.07, 6.45) is 4.59. The van der Waals surface area contributed by atoms with Gasteiger partial charge in [-0.05, 0) is 31.7 Å². The van der Waals surface area contributed by atoms with E-state index < -0.39 is 41.1 Å². The van der Waals surface area contributed by atoms with Gasteiger partial charge in [-0.1, -0.05) is 56.0 Å². The first-order valence-electron chi connectivity index (χ1n) is 12.6. The third-order valence-electron chi connectivity index (χ3n) is 8.00. The summed E-state index contributed by atoms with van der Waals surface area (Å²) in [5.74, 6) is -2.82. The van der Waals surface area contributed by atoms with E-state index in [1.165, 1.54) is 11.0 Å². The molecule has 0 saturated carbocycles. The summed E-state index contributed by atoms with van der Waals surface area (Å²) in [5.41, 5.74) is -1.13. The number of aliphatic hydroxyl groups is 1. The molecule has 3 heterocycles. The molecule has 8 nitrogen and oxygen atoms in total. The van der Waals surface area contributed by atoms with Crippen molar-refractivity contribution in [2.24, 2.45) is 11.8 Å². The quantitative estimate of drug-likeness (QED) is 0.374. The SMILES string of the molecule is C=CCOC(=O)[C@H]1[C@H]2C(=O)N([C@@H](CC)CO)C(C(=O)N(CC=C)Cc3ccccc3)C23CC[C@]1(C)O3. The Morgan fingerprint density at radius 1 is 1.28 bits per heavy atom. The van der Waals surface area contributed by atoms with Crippen LogP contribution >= 0.6 is 0 Å². The standard InChI is InChI=1S/C28H36N2O6/c1-5-15-29(17-19-11-9-8-10-12-19)25(33)23-28-14-13-27(4,36-28)22(26(34)35-16-6-2)21(28)24(32)30(23)20(7-3)18-31/h5-6,8-12,20-23,31H,1-2,7,13-18H2,3-4H3/t20-,21-,22+,23?,27-,28?/m0/s1. The van der Waals surface area contributed by atoms with E-state index in [1.54, 1.807) is 11.0 Å². The van der Waals surface area contributed by atoms with Gasteiger partial charge in [0.15, 0.2) is 0 Å². The van der Waals surface area contributed by atoms with Gasteiger partial charge in [0.2, 0.25) is 11.8 Å². The van der Waals surface area contributed by atoms with Crippen molar-refractivity contribution >= 4 is 17.8 Å². The van der Waals surface area contributed by atoms with Crippen molar-refractivity contribution in [2.75, 3.05) is 19.8 Å². The highest BCUT2D eigenvalue weighted by Gasteiger charge is 2.79. The lowest BCUT2D eigenvalue weighted by Gasteiger charge is -2.39. The Balaban J connectivity index is 1.77. The van der Waals surface area contributed by atoms with E-state index in [-0.39, 0.29) is 31.6 Å². The highest BCUT2D eigenvalue weighted by Crippen LogP contribution is 2.63. The number of amides is 2. The van der Waals surface area contributed by atoms with E-state index in [9.17, 15) is 19.5 Å². The lowest BCUT2D eigenvalue weighted by atomic mass is 9.66.